The van der Waals surface area contributed by atoms with E-state index in [4.69, 9.17) is 11.5 Å². The zero-order valence-electron chi connectivity index (χ0n) is 7.60. The van der Waals surface area contributed by atoms with E-state index in [0.717, 1.165) is 5.69 Å². The highest BCUT2D eigenvalue weighted by molar-refractivity contribution is 7.80. The molecule has 4 nitrogen and oxygen atoms in total. The smallest absolute Gasteiger partial charge is 0.164 e. The van der Waals surface area contributed by atoms with Crippen LogP contribution in [0.1, 0.15) is 0 Å². The van der Waals surface area contributed by atoms with Gasteiger partial charge in [0.1, 0.15) is 5.84 Å². The molecule has 0 fully saturated rings. The molecule has 1 aromatic rings. The number of rotatable bonds is 3. The summed E-state index contributed by atoms with van der Waals surface area (Å²) in [7, 11) is 0. The van der Waals surface area contributed by atoms with E-state index in [2.05, 4.69) is 22.5 Å². The zero-order chi connectivity index (χ0) is 10.4. The third kappa shape index (κ3) is 3.86. The number of nitrogens with one attached hydrogen (secondary N) is 1. The molecule has 0 aliphatic rings. The monoisotopic (exact) mass is 208 g/mol. The van der Waals surface area contributed by atoms with Crippen molar-refractivity contribution in [1.29, 1.82) is 0 Å². The minimum Gasteiger partial charge on any atom is -0.386 e. The molecule has 0 amide bonds. The minimum atomic E-state index is 0.219. The number of hydrogen-bond acceptors (Lipinski definition) is 2. The number of amidine groups is 1. The lowest BCUT2D eigenvalue weighted by Gasteiger charge is -2.02. The van der Waals surface area contributed by atoms with Crippen molar-refractivity contribution >= 4 is 28.9 Å². The Labute approximate surface area is 88.0 Å². The van der Waals surface area contributed by atoms with Gasteiger partial charge in [0.05, 0.1) is 12.2 Å². The summed E-state index contributed by atoms with van der Waals surface area (Å²) in [6.07, 6.45) is 0. The van der Waals surface area contributed by atoms with Gasteiger partial charge in [0.25, 0.3) is 0 Å². The normalized spacial score (nSPS) is 11.0. The van der Waals surface area contributed by atoms with Crippen LogP contribution < -0.4 is 16.8 Å². The average molecular weight is 208 g/mol. The summed E-state index contributed by atoms with van der Waals surface area (Å²) in [5.41, 5.74) is 11.7. The Morgan fingerprint density at radius 3 is 2.50 bits per heavy atom. The maximum absolute atomic E-state index is 5.63. The molecule has 0 aliphatic heterocycles. The van der Waals surface area contributed by atoms with Gasteiger partial charge in [0.2, 0.25) is 0 Å². The number of nitrogens with zero attached hydrogens (tertiary/aromatic N) is 1. The van der Waals surface area contributed by atoms with E-state index in [0.29, 0.717) is 12.4 Å². The number of aliphatic imine (C=N–C) groups is 1. The number of benzene rings is 1. The van der Waals surface area contributed by atoms with E-state index in [1.54, 1.807) is 0 Å². The van der Waals surface area contributed by atoms with Crippen molar-refractivity contribution < 1.29 is 0 Å². The maximum Gasteiger partial charge on any atom is 0.164 e. The number of para-hydroxylation sites is 1. The first-order valence-corrected chi connectivity index (χ1v) is 4.50. The van der Waals surface area contributed by atoms with Gasteiger partial charge in [0.15, 0.2) is 5.11 Å². The van der Waals surface area contributed by atoms with Crippen molar-refractivity contribution in [3.05, 3.63) is 30.3 Å². The van der Waals surface area contributed by atoms with Gasteiger partial charge in [-0.2, -0.15) is 0 Å². The van der Waals surface area contributed by atoms with Gasteiger partial charge in [-0.15, -0.1) is 0 Å². The quantitative estimate of drug-likeness (QED) is 0.384. The largest absolute Gasteiger partial charge is 0.386 e. The summed E-state index contributed by atoms with van der Waals surface area (Å²) < 4.78 is 0. The van der Waals surface area contributed by atoms with Gasteiger partial charge >= 0.3 is 0 Å². The Bertz CT molecular complexity index is 334. The molecule has 1 aromatic carbocycles. The number of nitrogens with two attached hydrogens (primary N) is 2. The average Bonchev–Trinajstić information content (AvgIpc) is 2.16. The second-order valence-corrected chi connectivity index (χ2v) is 3.10. The first-order valence-electron chi connectivity index (χ1n) is 4.10. The topological polar surface area (TPSA) is 76.4 Å². The molecule has 0 unspecified atom stereocenters. The highest BCUT2D eigenvalue weighted by Gasteiger charge is 1.93. The molecule has 0 spiro atoms. The zero-order valence-corrected chi connectivity index (χ0v) is 8.42. The summed E-state index contributed by atoms with van der Waals surface area (Å²) in [6.45, 7) is 0.365. The van der Waals surface area contributed by atoms with Gasteiger partial charge in [0, 0.05) is 0 Å². The minimum absolute atomic E-state index is 0.219. The Hall–Kier alpha value is -1.62. The Morgan fingerprint density at radius 1 is 1.29 bits per heavy atom. The molecule has 5 N–H and O–H groups in total. The van der Waals surface area contributed by atoms with Crippen molar-refractivity contribution in [3.63, 3.8) is 0 Å². The highest BCUT2D eigenvalue weighted by Crippen LogP contribution is 2.08. The molecule has 0 bridgehead atoms. The standard InChI is InChI=1S/C9H12N4S/c10-8(6-12-9(11)14)13-7-4-2-1-3-5-7/h1-5H,6H2,(H2,10,13)(H3,11,12,14). The first-order chi connectivity index (χ1) is 6.68. The second kappa shape index (κ2) is 5.18. The fourth-order valence-corrected chi connectivity index (χ4v) is 0.958. The van der Waals surface area contributed by atoms with Crippen molar-refractivity contribution in [2.45, 2.75) is 0 Å². The van der Waals surface area contributed by atoms with Crippen LogP contribution >= 0.6 is 12.2 Å². The van der Waals surface area contributed by atoms with Crippen LogP contribution in [0.5, 0.6) is 0 Å². The van der Waals surface area contributed by atoms with Gasteiger partial charge in [-0.05, 0) is 24.4 Å². The van der Waals surface area contributed by atoms with Crippen LogP contribution in [0.4, 0.5) is 5.69 Å². The Balaban J connectivity index is 2.56. The Kier molecular flexibility index (Phi) is 3.87. The molecule has 0 atom stereocenters. The van der Waals surface area contributed by atoms with Crippen molar-refractivity contribution in [1.82, 2.24) is 5.32 Å². The lowest BCUT2D eigenvalue weighted by molar-refractivity contribution is 1.07. The van der Waals surface area contributed by atoms with E-state index < -0.39 is 0 Å². The van der Waals surface area contributed by atoms with Crippen LogP contribution in [0.3, 0.4) is 0 Å². The molecule has 0 saturated carbocycles. The van der Waals surface area contributed by atoms with E-state index in [1.807, 2.05) is 30.3 Å². The molecular formula is C9H12N4S. The summed E-state index contributed by atoms with van der Waals surface area (Å²) in [4.78, 5) is 4.15. The highest BCUT2D eigenvalue weighted by atomic mass is 32.1. The van der Waals surface area contributed by atoms with Gasteiger partial charge in [-0.3, -0.25) is 0 Å². The van der Waals surface area contributed by atoms with Gasteiger partial charge < -0.3 is 16.8 Å². The lowest BCUT2D eigenvalue weighted by atomic mass is 10.3. The molecule has 0 aromatic heterocycles. The molecule has 1 rings (SSSR count). The molecule has 0 aliphatic carbocycles. The molecule has 0 heterocycles. The molecule has 74 valence electrons. The summed E-state index contributed by atoms with van der Waals surface area (Å²) in [5.74, 6) is 0.448. The van der Waals surface area contributed by atoms with Gasteiger partial charge in [-0.1, -0.05) is 18.2 Å². The first kappa shape index (κ1) is 10.5. The van der Waals surface area contributed by atoms with Crippen LogP contribution in [-0.4, -0.2) is 17.5 Å². The number of thiocarbonyl (C=S) groups is 1. The molecule has 0 radical (unpaired) electrons. The summed E-state index contributed by atoms with van der Waals surface area (Å²) in [6, 6.07) is 9.45. The van der Waals surface area contributed by atoms with E-state index in [9.17, 15) is 0 Å². The van der Waals surface area contributed by atoms with Crippen LogP contribution in [-0.2, 0) is 0 Å². The lowest BCUT2D eigenvalue weighted by Crippen LogP contribution is -2.36. The predicted octanol–water partition coefficient (Wildman–Crippen LogP) is 0.509. The number of hydrogen-bond donors (Lipinski definition) is 3. The van der Waals surface area contributed by atoms with Crippen LogP contribution in [0.25, 0.3) is 0 Å². The maximum atomic E-state index is 5.63. The van der Waals surface area contributed by atoms with E-state index >= 15 is 0 Å². The SMILES string of the molecule is NC(=S)NCC(N)=Nc1ccccc1. The van der Waals surface area contributed by atoms with Crippen molar-refractivity contribution in [2.75, 3.05) is 6.54 Å². The van der Waals surface area contributed by atoms with Crippen molar-refractivity contribution in [3.8, 4) is 0 Å². The fourth-order valence-electron chi connectivity index (χ4n) is 0.886. The summed E-state index contributed by atoms with van der Waals surface area (Å²) in [5, 5.41) is 2.94. The summed E-state index contributed by atoms with van der Waals surface area (Å²) >= 11 is 4.63. The van der Waals surface area contributed by atoms with E-state index in [1.165, 1.54) is 0 Å². The van der Waals surface area contributed by atoms with Crippen LogP contribution in [0, 0.1) is 0 Å². The molecule has 0 saturated heterocycles. The van der Waals surface area contributed by atoms with Gasteiger partial charge in [-0.25, -0.2) is 4.99 Å². The van der Waals surface area contributed by atoms with E-state index in [-0.39, 0.29) is 5.11 Å². The van der Waals surface area contributed by atoms with Crippen molar-refractivity contribution in [2.24, 2.45) is 16.5 Å². The van der Waals surface area contributed by atoms with Crippen LogP contribution in [0.15, 0.2) is 35.3 Å². The molecular weight excluding hydrogens is 196 g/mol. The second-order valence-electron chi connectivity index (χ2n) is 2.66. The Morgan fingerprint density at radius 2 is 1.93 bits per heavy atom. The molecule has 14 heavy (non-hydrogen) atoms. The third-order valence-electron chi connectivity index (χ3n) is 1.47. The van der Waals surface area contributed by atoms with Crippen LogP contribution in [0.2, 0.25) is 0 Å². The molecule has 5 heteroatoms. The third-order valence-corrected chi connectivity index (χ3v) is 1.62. The fraction of sp³-hybridized carbons (Fsp3) is 0.111. The predicted molar refractivity (Wildman–Crippen MR) is 62.5 cm³/mol.